The molecule has 1 aromatic carbocycles. The van der Waals surface area contributed by atoms with Gasteiger partial charge in [-0.1, -0.05) is 34.1 Å². The summed E-state index contributed by atoms with van der Waals surface area (Å²) in [6, 6.07) is 8.09. The van der Waals surface area contributed by atoms with E-state index >= 15 is 0 Å². The summed E-state index contributed by atoms with van der Waals surface area (Å²) >= 11 is 3.49. The van der Waals surface area contributed by atoms with Crippen LogP contribution in [0.2, 0.25) is 0 Å². The van der Waals surface area contributed by atoms with E-state index in [0.29, 0.717) is 6.42 Å². The second-order valence-electron chi connectivity index (χ2n) is 3.45. The monoisotopic (exact) mass is 285 g/mol. The first-order valence-electron chi connectivity index (χ1n) is 5.25. The number of nitrogens with one attached hydrogen (secondary N) is 1. The number of hydrogen-bond donors (Lipinski definition) is 1. The molecule has 1 N–H and O–H groups in total. The van der Waals surface area contributed by atoms with Gasteiger partial charge in [-0.15, -0.1) is 0 Å². The van der Waals surface area contributed by atoms with Gasteiger partial charge in [-0.2, -0.15) is 0 Å². The van der Waals surface area contributed by atoms with Crippen LogP contribution in [0.5, 0.6) is 0 Å². The van der Waals surface area contributed by atoms with E-state index < -0.39 is 0 Å². The zero-order chi connectivity index (χ0) is 11.8. The average Bonchev–Trinajstić information content (AvgIpc) is 2.30. The Labute approximate surface area is 104 Å². The number of benzene rings is 1. The van der Waals surface area contributed by atoms with Crippen LogP contribution in [-0.2, 0) is 16.1 Å². The van der Waals surface area contributed by atoms with Gasteiger partial charge in [0.05, 0.1) is 7.11 Å². The lowest BCUT2D eigenvalue weighted by atomic mass is 10.2. The molecule has 0 spiro atoms. The van der Waals surface area contributed by atoms with E-state index in [0.717, 1.165) is 24.0 Å². The summed E-state index contributed by atoms with van der Waals surface area (Å²) in [6.07, 6.45) is 1.27. The zero-order valence-corrected chi connectivity index (χ0v) is 10.9. The Hall–Kier alpha value is -0.870. The summed E-state index contributed by atoms with van der Waals surface area (Å²) < 4.78 is 5.67. The third-order valence-electron chi connectivity index (χ3n) is 2.24. The number of methoxy groups -OCH3 is 1. The molecule has 3 nitrogen and oxygen atoms in total. The second kappa shape index (κ2) is 7.41. The predicted molar refractivity (Wildman–Crippen MR) is 67.1 cm³/mol. The Morgan fingerprint density at radius 1 is 1.44 bits per heavy atom. The van der Waals surface area contributed by atoms with Crippen molar-refractivity contribution in [3.05, 3.63) is 34.3 Å². The number of carbonyl (C=O) groups is 1. The molecule has 0 saturated heterocycles. The van der Waals surface area contributed by atoms with Crippen molar-refractivity contribution in [3.8, 4) is 0 Å². The lowest BCUT2D eigenvalue weighted by Crippen LogP contribution is -2.16. The minimum atomic E-state index is -0.150. The highest BCUT2D eigenvalue weighted by Gasteiger charge is 2.00. The fourth-order valence-electron chi connectivity index (χ4n) is 1.32. The Morgan fingerprint density at radius 3 is 2.88 bits per heavy atom. The van der Waals surface area contributed by atoms with Crippen LogP contribution < -0.4 is 5.32 Å². The molecule has 4 heteroatoms. The van der Waals surface area contributed by atoms with Crippen LogP contribution in [0.3, 0.4) is 0 Å². The van der Waals surface area contributed by atoms with Gasteiger partial charge in [0.2, 0.25) is 0 Å². The fraction of sp³-hybridized carbons (Fsp3) is 0.417. The van der Waals surface area contributed by atoms with Gasteiger partial charge in [0.15, 0.2) is 0 Å². The molecular weight excluding hydrogens is 270 g/mol. The zero-order valence-electron chi connectivity index (χ0n) is 9.33. The molecule has 0 bridgehead atoms. The van der Waals surface area contributed by atoms with Gasteiger partial charge >= 0.3 is 5.97 Å². The Balaban J connectivity index is 2.17. The highest BCUT2D eigenvalue weighted by molar-refractivity contribution is 9.10. The lowest BCUT2D eigenvalue weighted by Gasteiger charge is -2.06. The van der Waals surface area contributed by atoms with Crippen molar-refractivity contribution in [3.63, 3.8) is 0 Å². The van der Waals surface area contributed by atoms with E-state index in [1.54, 1.807) is 0 Å². The first kappa shape index (κ1) is 13.2. The van der Waals surface area contributed by atoms with Crippen LogP contribution in [0.4, 0.5) is 0 Å². The minimum absolute atomic E-state index is 0.150. The highest BCUT2D eigenvalue weighted by Crippen LogP contribution is 2.15. The first-order valence-corrected chi connectivity index (χ1v) is 6.04. The van der Waals surface area contributed by atoms with E-state index in [-0.39, 0.29) is 5.97 Å². The van der Waals surface area contributed by atoms with Crippen molar-refractivity contribution in [1.29, 1.82) is 0 Å². The summed E-state index contributed by atoms with van der Waals surface area (Å²) in [5.41, 5.74) is 1.22. The molecule has 0 saturated carbocycles. The third-order valence-corrected chi connectivity index (χ3v) is 3.01. The van der Waals surface area contributed by atoms with Gasteiger partial charge in [0.25, 0.3) is 0 Å². The molecule has 0 amide bonds. The number of esters is 1. The van der Waals surface area contributed by atoms with Gasteiger partial charge in [0, 0.05) is 17.4 Å². The number of halogens is 1. The van der Waals surface area contributed by atoms with Crippen molar-refractivity contribution >= 4 is 21.9 Å². The third kappa shape index (κ3) is 4.77. The molecule has 0 aliphatic heterocycles. The first-order chi connectivity index (χ1) is 7.74. The van der Waals surface area contributed by atoms with E-state index in [4.69, 9.17) is 0 Å². The molecule has 0 aliphatic carbocycles. The molecule has 0 heterocycles. The topological polar surface area (TPSA) is 38.3 Å². The van der Waals surface area contributed by atoms with Crippen LogP contribution in [0.25, 0.3) is 0 Å². The summed E-state index contributed by atoms with van der Waals surface area (Å²) in [4.78, 5) is 10.8. The summed E-state index contributed by atoms with van der Waals surface area (Å²) in [5.74, 6) is -0.150. The van der Waals surface area contributed by atoms with Crippen molar-refractivity contribution in [2.45, 2.75) is 19.4 Å². The molecule has 88 valence electrons. The van der Waals surface area contributed by atoms with Gasteiger partial charge in [-0.3, -0.25) is 4.79 Å². The molecule has 1 rings (SSSR count). The minimum Gasteiger partial charge on any atom is -0.469 e. The molecular formula is C12H16BrNO2. The largest absolute Gasteiger partial charge is 0.469 e. The number of rotatable bonds is 6. The van der Waals surface area contributed by atoms with Crippen LogP contribution in [0.1, 0.15) is 18.4 Å². The van der Waals surface area contributed by atoms with Crippen LogP contribution in [0.15, 0.2) is 28.7 Å². The SMILES string of the molecule is COC(=O)CCCNCc1ccccc1Br. The van der Waals surface area contributed by atoms with E-state index in [2.05, 4.69) is 32.0 Å². The summed E-state index contributed by atoms with van der Waals surface area (Å²) in [5, 5.41) is 3.28. The van der Waals surface area contributed by atoms with Gasteiger partial charge in [-0.05, 0) is 24.6 Å². The Morgan fingerprint density at radius 2 is 2.19 bits per heavy atom. The van der Waals surface area contributed by atoms with Crippen molar-refractivity contribution in [2.24, 2.45) is 0 Å². The smallest absolute Gasteiger partial charge is 0.305 e. The molecule has 0 atom stereocenters. The number of carbonyl (C=O) groups excluding carboxylic acids is 1. The molecule has 0 aliphatic rings. The van der Waals surface area contributed by atoms with Crippen molar-refractivity contribution in [1.82, 2.24) is 5.32 Å². The Bertz CT molecular complexity index is 342. The maximum Gasteiger partial charge on any atom is 0.305 e. The van der Waals surface area contributed by atoms with Gasteiger partial charge < -0.3 is 10.1 Å². The standard InChI is InChI=1S/C12H16BrNO2/c1-16-12(15)7-4-8-14-9-10-5-2-3-6-11(10)13/h2-3,5-6,14H,4,7-9H2,1H3. The maximum absolute atomic E-state index is 10.8. The summed E-state index contributed by atoms with van der Waals surface area (Å²) in [6.45, 7) is 1.62. The molecule has 0 aromatic heterocycles. The quantitative estimate of drug-likeness (QED) is 0.645. The molecule has 0 unspecified atom stereocenters. The highest BCUT2D eigenvalue weighted by atomic mass is 79.9. The number of hydrogen-bond acceptors (Lipinski definition) is 3. The van der Waals surface area contributed by atoms with Gasteiger partial charge in [-0.25, -0.2) is 0 Å². The fourth-order valence-corrected chi connectivity index (χ4v) is 1.75. The van der Waals surface area contributed by atoms with E-state index in [1.807, 2.05) is 18.2 Å². The predicted octanol–water partition coefficient (Wildman–Crippen LogP) is 2.49. The molecule has 16 heavy (non-hydrogen) atoms. The van der Waals surface area contributed by atoms with Crippen LogP contribution >= 0.6 is 15.9 Å². The van der Waals surface area contributed by atoms with Crippen molar-refractivity contribution < 1.29 is 9.53 Å². The average molecular weight is 286 g/mol. The van der Waals surface area contributed by atoms with Crippen LogP contribution in [-0.4, -0.2) is 19.6 Å². The molecule has 0 radical (unpaired) electrons. The van der Waals surface area contributed by atoms with Crippen LogP contribution in [0, 0.1) is 0 Å². The molecule has 1 aromatic rings. The lowest BCUT2D eigenvalue weighted by molar-refractivity contribution is -0.140. The van der Waals surface area contributed by atoms with E-state index in [9.17, 15) is 4.79 Å². The van der Waals surface area contributed by atoms with Crippen molar-refractivity contribution in [2.75, 3.05) is 13.7 Å². The maximum atomic E-state index is 10.8. The number of ether oxygens (including phenoxy) is 1. The molecule has 0 fully saturated rings. The van der Waals surface area contributed by atoms with E-state index in [1.165, 1.54) is 12.7 Å². The normalized spacial score (nSPS) is 10.1. The van der Waals surface area contributed by atoms with Gasteiger partial charge in [0.1, 0.15) is 0 Å². The Kier molecular flexibility index (Phi) is 6.11. The second-order valence-corrected chi connectivity index (χ2v) is 4.30. The summed E-state index contributed by atoms with van der Waals surface area (Å²) in [7, 11) is 1.41.